The minimum absolute atomic E-state index is 0.0886. The molecule has 4 nitrogen and oxygen atoms in total. The number of rotatable bonds is 2. The molecule has 0 spiro atoms. The van der Waals surface area contributed by atoms with E-state index in [2.05, 4.69) is 21.0 Å². The second-order valence-corrected chi connectivity index (χ2v) is 4.43. The standard InChI is InChI=1S/C11H11BrN4/c1-7-4-9(2-3-10(7)11(13)14)16-6-8(12)5-15-16/h2-6H,1H3,(H3,13,14). The number of aromatic nitrogens is 2. The Morgan fingerprint density at radius 1 is 1.50 bits per heavy atom. The van der Waals surface area contributed by atoms with Crippen LogP contribution >= 0.6 is 15.9 Å². The number of nitrogens with two attached hydrogens (primary N) is 1. The molecule has 0 fully saturated rings. The maximum Gasteiger partial charge on any atom is 0.123 e. The van der Waals surface area contributed by atoms with Crippen molar-refractivity contribution in [3.05, 3.63) is 46.2 Å². The molecule has 1 aromatic heterocycles. The van der Waals surface area contributed by atoms with Gasteiger partial charge >= 0.3 is 0 Å². The van der Waals surface area contributed by atoms with Crippen LogP contribution in [0.1, 0.15) is 11.1 Å². The van der Waals surface area contributed by atoms with Gasteiger partial charge in [0, 0.05) is 11.8 Å². The van der Waals surface area contributed by atoms with Gasteiger partial charge < -0.3 is 5.73 Å². The van der Waals surface area contributed by atoms with Crippen LogP contribution in [0.4, 0.5) is 0 Å². The summed E-state index contributed by atoms with van der Waals surface area (Å²) in [5.74, 6) is 0.0886. The summed E-state index contributed by atoms with van der Waals surface area (Å²) in [5, 5.41) is 11.6. The predicted octanol–water partition coefficient (Wildman–Crippen LogP) is 2.23. The number of hydrogen-bond acceptors (Lipinski definition) is 2. The first-order valence-electron chi connectivity index (χ1n) is 4.73. The molecule has 0 amide bonds. The summed E-state index contributed by atoms with van der Waals surface area (Å²) in [6.45, 7) is 1.93. The minimum atomic E-state index is 0.0886. The van der Waals surface area contributed by atoms with Crippen molar-refractivity contribution in [3.63, 3.8) is 0 Å². The Morgan fingerprint density at radius 3 is 2.75 bits per heavy atom. The third-order valence-corrected chi connectivity index (χ3v) is 2.73. The van der Waals surface area contributed by atoms with Gasteiger partial charge in [0.05, 0.1) is 16.4 Å². The Kier molecular flexibility index (Phi) is 2.78. The topological polar surface area (TPSA) is 67.7 Å². The lowest BCUT2D eigenvalue weighted by Gasteiger charge is -2.07. The van der Waals surface area contributed by atoms with Crippen molar-refractivity contribution in [2.24, 2.45) is 5.73 Å². The molecular formula is C11H11BrN4. The summed E-state index contributed by atoms with van der Waals surface area (Å²) < 4.78 is 2.70. The highest BCUT2D eigenvalue weighted by atomic mass is 79.9. The van der Waals surface area contributed by atoms with Crippen molar-refractivity contribution in [2.45, 2.75) is 6.92 Å². The predicted molar refractivity (Wildman–Crippen MR) is 67.0 cm³/mol. The zero-order valence-electron chi connectivity index (χ0n) is 8.74. The normalized spacial score (nSPS) is 10.4. The molecule has 0 bridgehead atoms. The van der Waals surface area contributed by atoms with Crippen LogP contribution in [0.2, 0.25) is 0 Å². The molecule has 0 aliphatic heterocycles. The second-order valence-electron chi connectivity index (χ2n) is 3.52. The van der Waals surface area contributed by atoms with Gasteiger partial charge in [0.1, 0.15) is 5.84 Å². The average Bonchev–Trinajstić information content (AvgIpc) is 2.64. The lowest BCUT2D eigenvalue weighted by atomic mass is 10.1. The molecule has 16 heavy (non-hydrogen) atoms. The molecular weight excluding hydrogens is 268 g/mol. The maximum absolute atomic E-state index is 7.40. The van der Waals surface area contributed by atoms with Crippen molar-refractivity contribution in [2.75, 3.05) is 0 Å². The number of nitrogens with zero attached hydrogens (tertiary/aromatic N) is 2. The molecule has 0 radical (unpaired) electrons. The van der Waals surface area contributed by atoms with Gasteiger partial charge in [0.25, 0.3) is 0 Å². The minimum Gasteiger partial charge on any atom is -0.384 e. The molecule has 0 saturated carbocycles. The third-order valence-electron chi connectivity index (χ3n) is 2.32. The summed E-state index contributed by atoms with van der Waals surface area (Å²) in [6.07, 6.45) is 3.61. The molecule has 1 aromatic carbocycles. The zero-order valence-corrected chi connectivity index (χ0v) is 10.3. The lowest BCUT2D eigenvalue weighted by molar-refractivity contribution is 0.879. The fraction of sp³-hybridized carbons (Fsp3) is 0.0909. The van der Waals surface area contributed by atoms with E-state index in [-0.39, 0.29) is 5.84 Å². The van der Waals surface area contributed by atoms with Crippen LogP contribution < -0.4 is 5.73 Å². The third kappa shape index (κ3) is 1.99. The molecule has 0 aliphatic rings. The number of halogens is 1. The highest BCUT2D eigenvalue weighted by molar-refractivity contribution is 9.10. The highest BCUT2D eigenvalue weighted by Gasteiger charge is 2.04. The van der Waals surface area contributed by atoms with E-state index in [1.807, 2.05) is 31.3 Å². The molecule has 82 valence electrons. The summed E-state index contributed by atoms with van der Waals surface area (Å²) in [7, 11) is 0. The van der Waals surface area contributed by atoms with Crippen molar-refractivity contribution >= 4 is 21.8 Å². The van der Waals surface area contributed by atoms with Gasteiger partial charge in [-0.3, -0.25) is 5.41 Å². The first-order valence-corrected chi connectivity index (χ1v) is 5.53. The SMILES string of the molecule is Cc1cc(-n2cc(Br)cn2)ccc1C(=N)N. The van der Waals surface area contributed by atoms with Crippen LogP contribution in [-0.4, -0.2) is 15.6 Å². The van der Waals surface area contributed by atoms with E-state index in [0.717, 1.165) is 21.3 Å². The van der Waals surface area contributed by atoms with E-state index in [1.54, 1.807) is 10.9 Å². The number of nitrogens with one attached hydrogen (secondary N) is 1. The zero-order chi connectivity index (χ0) is 11.7. The second kappa shape index (κ2) is 4.09. The molecule has 0 aliphatic carbocycles. The van der Waals surface area contributed by atoms with Gasteiger partial charge in [-0.15, -0.1) is 0 Å². The van der Waals surface area contributed by atoms with Crippen LogP contribution in [0, 0.1) is 12.3 Å². The van der Waals surface area contributed by atoms with Crippen LogP contribution in [0.3, 0.4) is 0 Å². The van der Waals surface area contributed by atoms with Gasteiger partial charge in [-0.05, 0) is 46.6 Å². The van der Waals surface area contributed by atoms with Crippen LogP contribution in [0.25, 0.3) is 5.69 Å². The Bertz CT molecular complexity index is 545. The average molecular weight is 279 g/mol. The van der Waals surface area contributed by atoms with Crippen molar-refractivity contribution < 1.29 is 0 Å². The van der Waals surface area contributed by atoms with Crippen molar-refractivity contribution in [1.82, 2.24) is 9.78 Å². The highest BCUT2D eigenvalue weighted by Crippen LogP contribution is 2.16. The molecule has 0 atom stereocenters. The van der Waals surface area contributed by atoms with Crippen molar-refractivity contribution in [3.8, 4) is 5.69 Å². The van der Waals surface area contributed by atoms with E-state index in [0.29, 0.717) is 0 Å². The molecule has 2 aromatic rings. The Labute approximate surface area is 102 Å². The number of benzene rings is 1. The van der Waals surface area contributed by atoms with E-state index >= 15 is 0 Å². The molecule has 5 heteroatoms. The van der Waals surface area contributed by atoms with Gasteiger partial charge in [0.2, 0.25) is 0 Å². The fourth-order valence-electron chi connectivity index (χ4n) is 1.53. The largest absolute Gasteiger partial charge is 0.384 e. The summed E-state index contributed by atoms with van der Waals surface area (Å²) >= 11 is 3.35. The lowest BCUT2D eigenvalue weighted by Crippen LogP contribution is -2.13. The molecule has 3 N–H and O–H groups in total. The summed E-state index contributed by atoms with van der Waals surface area (Å²) in [6, 6.07) is 5.68. The first kappa shape index (κ1) is 10.9. The van der Waals surface area contributed by atoms with E-state index in [4.69, 9.17) is 11.1 Å². The number of hydrogen-bond donors (Lipinski definition) is 2. The van der Waals surface area contributed by atoms with Gasteiger partial charge in [-0.2, -0.15) is 5.10 Å². The Balaban J connectivity index is 2.45. The van der Waals surface area contributed by atoms with E-state index < -0.39 is 0 Å². The van der Waals surface area contributed by atoms with Crippen LogP contribution in [0.5, 0.6) is 0 Å². The van der Waals surface area contributed by atoms with Gasteiger partial charge in [-0.25, -0.2) is 4.68 Å². The number of aryl methyl sites for hydroxylation is 1. The molecule has 0 unspecified atom stereocenters. The van der Waals surface area contributed by atoms with E-state index in [1.165, 1.54) is 0 Å². The smallest absolute Gasteiger partial charge is 0.123 e. The number of nitrogen functional groups attached to an aromatic ring is 1. The summed E-state index contributed by atoms with van der Waals surface area (Å²) in [4.78, 5) is 0. The van der Waals surface area contributed by atoms with Gasteiger partial charge in [-0.1, -0.05) is 0 Å². The van der Waals surface area contributed by atoms with Crippen LogP contribution in [-0.2, 0) is 0 Å². The molecule has 2 rings (SSSR count). The Morgan fingerprint density at radius 2 is 2.25 bits per heavy atom. The first-order chi connectivity index (χ1) is 7.58. The quantitative estimate of drug-likeness (QED) is 0.653. The molecule has 1 heterocycles. The number of amidine groups is 1. The van der Waals surface area contributed by atoms with Crippen molar-refractivity contribution in [1.29, 1.82) is 5.41 Å². The monoisotopic (exact) mass is 278 g/mol. The summed E-state index contributed by atoms with van der Waals surface area (Å²) in [5.41, 5.74) is 8.14. The molecule has 0 saturated heterocycles. The van der Waals surface area contributed by atoms with Gasteiger partial charge in [0.15, 0.2) is 0 Å². The Hall–Kier alpha value is -1.62. The fourth-order valence-corrected chi connectivity index (χ4v) is 1.82. The maximum atomic E-state index is 7.40. The van der Waals surface area contributed by atoms with Crippen LogP contribution in [0.15, 0.2) is 35.1 Å². The van der Waals surface area contributed by atoms with E-state index in [9.17, 15) is 0 Å².